The standard InChI is InChI=1S/C16H24N2O2/c19-15-5-7-16(6-3-14-20-16)8-13-18(15)12-4-11-17-9-1-2-10-17/h1-2,9-10H,3-8,11-14H2/t16-/m0/s1. The van der Waals surface area contributed by atoms with E-state index in [0.29, 0.717) is 12.3 Å². The van der Waals surface area contributed by atoms with Gasteiger partial charge in [0.2, 0.25) is 5.91 Å². The van der Waals surface area contributed by atoms with E-state index in [1.165, 1.54) is 0 Å². The summed E-state index contributed by atoms with van der Waals surface area (Å²) < 4.78 is 8.11. The molecule has 20 heavy (non-hydrogen) atoms. The fourth-order valence-corrected chi connectivity index (χ4v) is 3.43. The molecule has 0 aromatic carbocycles. The van der Waals surface area contributed by atoms with Crippen molar-refractivity contribution < 1.29 is 9.53 Å². The van der Waals surface area contributed by atoms with E-state index in [0.717, 1.165) is 58.3 Å². The zero-order valence-corrected chi connectivity index (χ0v) is 12.1. The Bertz CT molecular complexity index is 435. The molecule has 2 aliphatic rings. The molecule has 1 spiro atoms. The van der Waals surface area contributed by atoms with Crippen LogP contribution in [0.2, 0.25) is 0 Å². The number of ether oxygens (including phenoxy) is 1. The molecule has 4 nitrogen and oxygen atoms in total. The predicted molar refractivity (Wildman–Crippen MR) is 77.4 cm³/mol. The van der Waals surface area contributed by atoms with Crippen LogP contribution in [-0.4, -0.2) is 40.7 Å². The first-order chi connectivity index (χ1) is 9.77. The highest BCUT2D eigenvalue weighted by atomic mass is 16.5. The van der Waals surface area contributed by atoms with Crippen molar-refractivity contribution in [1.82, 2.24) is 9.47 Å². The maximum absolute atomic E-state index is 12.2. The molecule has 110 valence electrons. The zero-order valence-electron chi connectivity index (χ0n) is 12.1. The van der Waals surface area contributed by atoms with E-state index < -0.39 is 0 Å². The second-order valence-corrected chi connectivity index (χ2v) is 6.04. The van der Waals surface area contributed by atoms with Crippen LogP contribution in [0, 0.1) is 0 Å². The predicted octanol–water partition coefficient (Wildman–Crippen LogP) is 2.44. The highest BCUT2D eigenvalue weighted by molar-refractivity contribution is 5.76. The monoisotopic (exact) mass is 276 g/mol. The Balaban J connectivity index is 1.50. The van der Waals surface area contributed by atoms with E-state index >= 15 is 0 Å². The molecule has 0 saturated carbocycles. The van der Waals surface area contributed by atoms with E-state index in [1.807, 2.05) is 17.0 Å². The van der Waals surface area contributed by atoms with Crippen molar-refractivity contribution in [3.8, 4) is 0 Å². The van der Waals surface area contributed by atoms with Crippen molar-refractivity contribution in [2.24, 2.45) is 0 Å². The van der Waals surface area contributed by atoms with Gasteiger partial charge < -0.3 is 14.2 Å². The van der Waals surface area contributed by atoms with E-state index in [1.54, 1.807) is 0 Å². The van der Waals surface area contributed by atoms with Gasteiger partial charge in [-0.25, -0.2) is 0 Å². The smallest absolute Gasteiger partial charge is 0.222 e. The van der Waals surface area contributed by atoms with Gasteiger partial charge in [0.05, 0.1) is 5.60 Å². The lowest BCUT2D eigenvalue weighted by Gasteiger charge is -2.26. The molecule has 2 saturated heterocycles. The molecule has 4 heteroatoms. The normalized spacial score (nSPS) is 27.2. The maximum Gasteiger partial charge on any atom is 0.222 e. The van der Waals surface area contributed by atoms with Gasteiger partial charge in [-0.05, 0) is 44.2 Å². The first kappa shape index (κ1) is 13.7. The van der Waals surface area contributed by atoms with Crippen LogP contribution in [0.15, 0.2) is 24.5 Å². The van der Waals surface area contributed by atoms with Crippen molar-refractivity contribution in [1.29, 1.82) is 0 Å². The van der Waals surface area contributed by atoms with Crippen molar-refractivity contribution in [2.75, 3.05) is 19.7 Å². The molecule has 1 amide bonds. The van der Waals surface area contributed by atoms with Gasteiger partial charge in [0.25, 0.3) is 0 Å². The molecule has 1 atom stereocenters. The Labute approximate surface area is 120 Å². The quantitative estimate of drug-likeness (QED) is 0.846. The van der Waals surface area contributed by atoms with Crippen LogP contribution < -0.4 is 0 Å². The number of aryl methyl sites for hydroxylation is 1. The lowest BCUT2D eigenvalue weighted by molar-refractivity contribution is -0.130. The summed E-state index contributed by atoms with van der Waals surface area (Å²) in [5, 5.41) is 0. The van der Waals surface area contributed by atoms with Gasteiger partial charge in [0, 0.05) is 45.1 Å². The SMILES string of the molecule is O=C1CC[C@@]2(CCCO2)CCN1CCCn1cccc1. The van der Waals surface area contributed by atoms with Gasteiger partial charge in [-0.2, -0.15) is 0 Å². The summed E-state index contributed by atoms with van der Waals surface area (Å²) in [6.07, 6.45) is 10.1. The minimum atomic E-state index is 0.0187. The molecule has 0 bridgehead atoms. The molecule has 3 heterocycles. The average Bonchev–Trinajstić information content (AvgIpc) is 3.09. The Kier molecular flexibility index (Phi) is 4.10. The fraction of sp³-hybridized carbons (Fsp3) is 0.688. The first-order valence-corrected chi connectivity index (χ1v) is 7.80. The summed E-state index contributed by atoms with van der Waals surface area (Å²) in [4.78, 5) is 14.3. The van der Waals surface area contributed by atoms with Crippen molar-refractivity contribution in [3.63, 3.8) is 0 Å². The van der Waals surface area contributed by atoms with Crippen LogP contribution in [0.1, 0.15) is 38.5 Å². The van der Waals surface area contributed by atoms with Gasteiger partial charge in [-0.1, -0.05) is 0 Å². The van der Waals surface area contributed by atoms with Crippen molar-refractivity contribution in [3.05, 3.63) is 24.5 Å². The Morgan fingerprint density at radius 2 is 2.00 bits per heavy atom. The molecule has 0 radical (unpaired) electrons. The molecule has 0 unspecified atom stereocenters. The molecule has 3 rings (SSSR count). The zero-order chi connectivity index (χ0) is 13.8. The third-order valence-corrected chi connectivity index (χ3v) is 4.68. The third-order valence-electron chi connectivity index (χ3n) is 4.68. The molecule has 2 aliphatic heterocycles. The lowest BCUT2D eigenvalue weighted by atomic mass is 9.92. The number of hydrogen-bond donors (Lipinski definition) is 0. The fourth-order valence-electron chi connectivity index (χ4n) is 3.43. The largest absolute Gasteiger partial charge is 0.375 e. The van der Waals surface area contributed by atoms with Crippen LogP contribution >= 0.6 is 0 Å². The summed E-state index contributed by atoms with van der Waals surface area (Å²) in [6.45, 7) is 3.60. The van der Waals surface area contributed by atoms with Crippen molar-refractivity contribution >= 4 is 5.91 Å². The summed E-state index contributed by atoms with van der Waals surface area (Å²) in [5.74, 6) is 0.310. The lowest BCUT2D eigenvalue weighted by Crippen LogP contribution is -2.33. The van der Waals surface area contributed by atoms with Gasteiger partial charge in [0.15, 0.2) is 0 Å². The number of amides is 1. The Hall–Kier alpha value is -1.29. The number of likely N-dealkylation sites (tertiary alicyclic amines) is 1. The molecule has 2 fully saturated rings. The summed E-state index contributed by atoms with van der Waals surface area (Å²) in [7, 11) is 0. The highest BCUT2D eigenvalue weighted by Crippen LogP contribution is 2.35. The molecule has 1 aromatic rings. The second-order valence-electron chi connectivity index (χ2n) is 6.04. The number of carbonyl (C=O) groups excluding carboxylic acids is 1. The van der Waals surface area contributed by atoms with E-state index in [2.05, 4.69) is 17.0 Å². The minimum absolute atomic E-state index is 0.0187. The summed E-state index contributed by atoms with van der Waals surface area (Å²) >= 11 is 0. The van der Waals surface area contributed by atoms with Gasteiger partial charge in [0.1, 0.15) is 0 Å². The minimum Gasteiger partial charge on any atom is -0.375 e. The van der Waals surface area contributed by atoms with Gasteiger partial charge in [-0.15, -0.1) is 0 Å². The Morgan fingerprint density at radius 1 is 1.15 bits per heavy atom. The first-order valence-electron chi connectivity index (χ1n) is 7.80. The highest BCUT2D eigenvalue weighted by Gasteiger charge is 2.38. The molecule has 0 aliphatic carbocycles. The molecular formula is C16H24N2O2. The van der Waals surface area contributed by atoms with Crippen molar-refractivity contribution in [2.45, 2.75) is 50.7 Å². The molecular weight excluding hydrogens is 252 g/mol. The number of hydrogen-bond acceptors (Lipinski definition) is 2. The van der Waals surface area contributed by atoms with Crippen LogP contribution in [0.25, 0.3) is 0 Å². The van der Waals surface area contributed by atoms with E-state index in [-0.39, 0.29) is 5.60 Å². The summed E-state index contributed by atoms with van der Waals surface area (Å²) in [5.41, 5.74) is 0.0187. The van der Waals surface area contributed by atoms with Crippen LogP contribution in [0.3, 0.4) is 0 Å². The number of nitrogens with zero attached hydrogens (tertiary/aromatic N) is 2. The van der Waals surface area contributed by atoms with Gasteiger partial charge in [-0.3, -0.25) is 4.79 Å². The number of aromatic nitrogens is 1. The van der Waals surface area contributed by atoms with Crippen LogP contribution in [0.5, 0.6) is 0 Å². The third kappa shape index (κ3) is 3.06. The number of rotatable bonds is 4. The van der Waals surface area contributed by atoms with Crippen LogP contribution in [-0.2, 0) is 16.1 Å². The molecule has 0 N–H and O–H groups in total. The average molecular weight is 276 g/mol. The number of carbonyl (C=O) groups is 1. The van der Waals surface area contributed by atoms with E-state index in [4.69, 9.17) is 4.74 Å². The maximum atomic E-state index is 12.2. The van der Waals surface area contributed by atoms with E-state index in [9.17, 15) is 4.79 Å². The Morgan fingerprint density at radius 3 is 2.75 bits per heavy atom. The summed E-state index contributed by atoms with van der Waals surface area (Å²) in [6, 6.07) is 4.08. The van der Waals surface area contributed by atoms with Gasteiger partial charge >= 0.3 is 0 Å². The second kappa shape index (κ2) is 6.00. The molecule has 1 aromatic heterocycles. The topological polar surface area (TPSA) is 34.5 Å². The van der Waals surface area contributed by atoms with Crippen LogP contribution in [0.4, 0.5) is 0 Å².